The molecule has 0 saturated carbocycles. The largest absolute Gasteiger partial charge is 0.491 e. The summed E-state index contributed by atoms with van der Waals surface area (Å²) in [5.41, 5.74) is 7.70. The van der Waals surface area contributed by atoms with Crippen LogP contribution >= 0.6 is 0 Å². The molecule has 2 aromatic rings. The maximum atomic E-state index is 13.9. The molecule has 0 fully saturated rings. The van der Waals surface area contributed by atoms with Gasteiger partial charge in [0.1, 0.15) is 11.9 Å². The Morgan fingerprint density at radius 3 is 2.62 bits per heavy atom. The summed E-state index contributed by atoms with van der Waals surface area (Å²) in [6.07, 6.45) is 0.620. The predicted molar refractivity (Wildman–Crippen MR) is 75.5 cm³/mol. The number of nitrogens with two attached hydrogens (primary N) is 1. The van der Waals surface area contributed by atoms with Crippen LogP contribution in [-0.2, 0) is 6.42 Å². The van der Waals surface area contributed by atoms with Gasteiger partial charge in [-0.1, -0.05) is 18.2 Å². The predicted octanol–water partition coefficient (Wildman–Crippen LogP) is 2.90. The van der Waals surface area contributed by atoms with Crippen LogP contribution in [0.2, 0.25) is 0 Å². The second kappa shape index (κ2) is 5.33. The minimum absolute atomic E-state index is 0.0888. The van der Waals surface area contributed by atoms with Crippen LogP contribution in [-0.4, -0.2) is 19.8 Å². The third-order valence-electron chi connectivity index (χ3n) is 3.60. The molecule has 0 radical (unpaired) electrons. The summed E-state index contributed by atoms with van der Waals surface area (Å²) in [6.45, 7) is 0.402. The smallest absolute Gasteiger partial charge is 0.190 e. The van der Waals surface area contributed by atoms with Crippen molar-refractivity contribution >= 4 is 0 Å². The van der Waals surface area contributed by atoms with E-state index in [9.17, 15) is 8.78 Å². The lowest BCUT2D eigenvalue weighted by Gasteiger charge is -2.12. The molecule has 0 aromatic heterocycles. The molecule has 3 nitrogen and oxygen atoms in total. The van der Waals surface area contributed by atoms with Gasteiger partial charge in [0.15, 0.2) is 17.4 Å². The topological polar surface area (TPSA) is 44.5 Å². The maximum absolute atomic E-state index is 13.9. The minimum atomic E-state index is -0.738. The number of para-hydroxylation sites is 1. The van der Waals surface area contributed by atoms with Gasteiger partial charge in [-0.25, -0.2) is 8.78 Å². The lowest BCUT2D eigenvalue weighted by atomic mass is 10.00. The van der Waals surface area contributed by atoms with Crippen LogP contribution < -0.4 is 15.2 Å². The molecule has 0 amide bonds. The monoisotopic (exact) mass is 291 g/mol. The third kappa shape index (κ3) is 2.34. The average molecular weight is 291 g/mol. The molecule has 1 unspecified atom stereocenters. The lowest BCUT2D eigenvalue weighted by Crippen LogP contribution is -2.24. The zero-order chi connectivity index (χ0) is 15.0. The second-order valence-corrected chi connectivity index (χ2v) is 4.95. The van der Waals surface area contributed by atoms with Crippen LogP contribution in [0.3, 0.4) is 0 Å². The molecule has 0 bridgehead atoms. The van der Waals surface area contributed by atoms with Crippen molar-refractivity contribution in [3.05, 3.63) is 47.5 Å². The molecule has 5 heteroatoms. The summed E-state index contributed by atoms with van der Waals surface area (Å²) in [5, 5.41) is 0. The van der Waals surface area contributed by atoms with Gasteiger partial charge in [0.05, 0.1) is 7.11 Å². The molecular formula is C16H15F2NO2. The van der Waals surface area contributed by atoms with Crippen LogP contribution in [0.25, 0.3) is 11.1 Å². The molecule has 3 rings (SSSR count). The van der Waals surface area contributed by atoms with Gasteiger partial charge in [-0.3, -0.25) is 0 Å². The lowest BCUT2D eigenvalue weighted by molar-refractivity contribution is 0.242. The van der Waals surface area contributed by atoms with E-state index in [1.165, 1.54) is 19.2 Å². The Bertz CT molecular complexity index is 665. The highest BCUT2D eigenvalue weighted by molar-refractivity contribution is 5.73. The number of benzene rings is 2. The number of fused-ring (bicyclic) bond motifs is 1. The number of rotatable bonds is 3. The third-order valence-corrected chi connectivity index (χ3v) is 3.60. The standard InChI is InChI=1S/C16H15F2NO2/c1-20-16-13(17)6-10(7-14(16)18)12-4-2-3-9-5-11(8-19)21-15(9)12/h2-4,6-7,11H,5,8,19H2,1H3. The molecule has 0 saturated heterocycles. The van der Waals surface area contributed by atoms with E-state index in [0.29, 0.717) is 29.8 Å². The van der Waals surface area contributed by atoms with E-state index in [1.807, 2.05) is 12.1 Å². The average Bonchev–Trinajstić information content (AvgIpc) is 2.89. The quantitative estimate of drug-likeness (QED) is 0.945. The fourth-order valence-corrected chi connectivity index (χ4v) is 2.61. The van der Waals surface area contributed by atoms with Crippen molar-refractivity contribution in [2.75, 3.05) is 13.7 Å². The van der Waals surface area contributed by atoms with Crippen molar-refractivity contribution in [1.29, 1.82) is 0 Å². The van der Waals surface area contributed by atoms with Gasteiger partial charge in [-0.15, -0.1) is 0 Å². The van der Waals surface area contributed by atoms with E-state index in [1.54, 1.807) is 6.07 Å². The molecule has 0 aliphatic carbocycles. The van der Waals surface area contributed by atoms with Gasteiger partial charge in [0, 0.05) is 18.5 Å². The summed E-state index contributed by atoms with van der Waals surface area (Å²) < 4.78 is 38.2. The van der Waals surface area contributed by atoms with Crippen molar-refractivity contribution in [3.8, 4) is 22.6 Å². The van der Waals surface area contributed by atoms with E-state index in [4.69, 9.17) is 15.2 Å². The van der Waals surface area contributed by atoms with E-state index in [2.05, 4.69) is 0 Å². The first kappa shape index (κ1) is 13.8. The summed E-state index contributed by atoms with van der Waals surface area (Å²) in [6, 6.07) is 8.05. The van der Waals surface area contributed by atoms with Crippen molar-refractivity contribution in [1.82, 2.24) is 0 Å². The van der Waals surface area contributed by atoms with E-state index in [0.717, 1.165) is 5.56 Å². The normalized spacial score (nSPS) is 16.5. The first-order valence-corrected chi connectivity index (χ1v) is 6.66. The van der Waals surface area contributed by atoms with Gasteiger partial charge in [0.25, 0.3) is 0 Å². The fraction of sp³-hybridized carbons (Fsp3) is 0.250. The van der Waals surface area contributed by atoms with E-state index in [-0.39, 0.29) is 11.9 Å². The molecule has 0 spiro atoms. The molecule has 1 aliphatic rings. The molecule has 1 aliphatic heterocycles. The SMILES string of the molecule is COc1c(F)cc(-c2cccc3c2OC(CN)C3)cc1F. The van der Waals surface area contributed by atoms with Crippen LogP contribution in [0.4, 0.5) is 8.78 Å². The molecule has 110 valence electrons. The summed E-state index contributed by atoms with van der Waals surface area (Å²) in [4.78, 5) is 0. The Kier molecular flexibility index (Phi) is 3.51. The molecular weight excluding hydrogens is 276 g/mol. The zero-order valence-electron chi connectivity index (χ0n) is 11.5. The van der Waals surface area contributed by atoms with Gasteiger partial charge in [-0.2, -0.15) is 0 Å². The molecule has 1 heterocycles. The first-order valence-electron chi connectivity index (χ1n) is 6.66. The maximum Gasteiger partial charge on any atom is 0.190 e. The van der Waals surface area contributed by atoms with Crippen molar-refractivity contribution in [3.63, 3.8) is 0 Å². The van der Waals surface area contributed by atoms with Crippen molar-refractivity contribution in [2.24, 2.45) is 5.73 Å². The van der Waals surface area contributed by atoms with Gasteiger partial charge in [-0.05, 0) is 23.3 Å². The minimum Gasteiger partial charge on any atom is -0.491 e. The molecule has 21 heavy (non-hydrogen) atoms. The van der Waals surface area contributed by atoms with E-state index >= 15 is 0 Å². The van der Waals surface area contributed by atoms with E-state index < -0.39 is 11.6 Å². The summed E-state index contributed by atoms with van der Waals surface area (Å²) >= 11 is 0. The molecule has 2 N–H and O–H groups in total. The van der Waals surface area contributed by atoms with Gasteiger partial charge in [0.2, 0.25) is 0 Å². The number of hydrogen-bond donors (Lipinski definition) is 1. The summed E-state index contributed by atoms with van der Waals surface area (Å²) in [7, 11) is 1.23. The van der Waals surface area contributed by atoms with Crippen molar-refractivity contribution < 1.29 is 18.3 Å². The number of methoxy groups -OCH3 is 1. The zero-order valence-corrected chi connectivity index (χ0v) is 11.5. The number of halogens is 2. The van der Waals surface area contributed by atoms with Crippen LogP contribution in [0.1, 0.15) is 5.56 Å². The Labute approximate surface area is 121 Å². The highest BCUT2D eigenvalue weighted by Crippen LogP contribution is 2.40. The van der Waals surface area contributed by atoms with Gasteiger partial charge >= 0.3 is 0 Å². The Balaban J connectivity index is 2.09. The Morgan fingerprint density at radius 2 is 2.00 bits per heavy atom. The fourth-order valence-electron chi connectivity index (χ4n) is 2.61. The number of ether oxygens (including phenoxy) is 2. The molecule has 1 atom stereocenters. The van der Waals surface area contributed by atoms with Crippen LogP contribution in [0, 0.1) is 11.6 Å². The number of hydrogen-bond acceptors (Lipinski definition) is 3. The van der Waals surface area contributed by atoms with Crippen LogP contribution in [0.15, 0.2) is 30.3 Å². The Hall–Kier alpha value is -2.14. The van der Waals surface area contributed by atoms with Crippen LogP contribution in [0.5, 0.6) is 11.5 Å². The van der Waals surface area contributed by atoms with Gasteiger partial charge < -0.3 is 15.2 Å². The Morgan fingerprint density at radius 1 is 1.29 bits per heavy atom. The second-order valence-electron chi connectivity index (χ2n) is 4.95. The summed E-state index contributed by atoms with van der Waals surface area (Å²) in [5.74, 6) is -1.21. The highest BCUT2D eigenvalue weighted by Gasteiger charge is 2.25. The van der Waals surface area contributed by atoms with Crippen molar-refractivity contribution in [2.45, 2.75) is 12.5 Å². The highest BCUT2D eigenvalue weighted by atomic mass is 19.1. The first-order chi connectivity index (χ1) is 10.1. The molecule has 2 aromatic carbocycles.